The van der Waals surface area contributed by atoms with Gasteiger partial charge >= 0.3 is 0 Å². The number of H-pyrrole nitrogens is 1. The number of carbonyl (C=O) groups is 1. The number of amides is 1. The minimum absolute atomic E-state index is 0.0477. The van der Waals surface area contributed by atoms with Gasteiger partial charge in [-0.15, -0.1) is 0 Å². The monoisotopic (exact) mass is 355 g/mol. The fourth-order valence-corrected chi connectivity index (χ4v) is 2.78. The Balaban J connectivity index is 1.61. The van der Waals surface area contributed by atoms with Gasteiger partial charge in [-0.2, -0.15) is 0 Å². The van der Waals surface area contributed by atoms with Crippen LogP contribution in [-0.2, 0) is 4.79 Å². The molecule has 6 nitrogen and oxygen atoms in total. The van der Waals surface area contributed by atoms with E-state index in [0.717, 1.165) is 5.52 Å². The number of aromatic nitrogens is 2. The van der Waals surface area contributed by atoms with Crippen molar-refractivity contribution in [3.05, 3.63) is 53.9 Å². The topological polar surface area (TPSA) is 108 Å². The Bertz CT molecular complexity index is 1010. The summed E-state index contributed by atoms with van der Waals surface area (Å²) in [5.74, 6) is -4.63. The molecule has 1 unspecified atom stereocenters. The number of alkyl halides is 2. The van der Waals surface area contributed by atoms with Crippen LogP contribution < -0.4 is 11.1 Å². The molecule has 0 radical (unpaired) electrons. The second-order valence-corrected chi connectivity index (χ2v) is 6.29. The lowest BCUT2D eigenvalue weighted by Gasteiger charge is -2.10. The number of nitrogen functional groups attached to an aromatic ring is 1. The van der Waals surface area contributed by atoms with E-state index in [1.54, 1.807) is 0 Å². The molecular weight excluding hydrogens is 340 g/mol. The number of carbonyl (C=O) groups excluding carboxylic acids is 1. The average Bonchev–Trinajstić information content (AvgIpc) is 3.05. The highest BCUT2D eigenvalue weighted by atomic mass is 19.3. The van der Waals surface area contributed by atoms with Crippen LogP contribution in [0.5, 0.6) is 0 Å². The summed E-state index contributed by atoms with van der Waals surface area (Å²) in [6.45, 7) is 0. The first kappa shape index (κ1) is 16.2. The zero-order chi connectivity index (χ0) is 18.5. The second-order valence-electron chi connectivity index (χ2n) is 6.29. The van der Waals surface area contributed by atoms with E-state index in [1.165, 1.54) is 18.2 Å². The number of aromatic amines is 1. The Morgan fingerprint density at radius 3 is 2.73 bits per heavy atom. The van der Waals surface area contributed by atoms with Crippen LogP contribution in [0.4, 0.5) is 20.2 Å². The first-order chi connectivity index (χ1) is 12.3. The Morgan fingerprint density at radius 1 is 1.31 bits per heavy atom. The quantitative estimate of drug-likeness (QED) is 0.426. The summed E-state index contributed by atoms with van der Waals surface area (Å²) in [6, 6.07) is 11.9. The molecular formula is C18H15F2N5O. The van der Waals surface area contributed by atoms with E-state index in [9.17, 15) is 13.6 Å². The number of hydrogen-bond acceptors (Lipinski definition) is 4. The molecule has 1 aliphatic carbocycles. The fourth-order valence-electron chi connectivity index (χ4n) is 2.78. The lowest BCUT2D eigenvalue weighted by atomic mass is 10.1. The second kappa shape index (κ2) is 5.62. The highest BCUT2D eigenvalue weighted by Gasteiger charge is 2.61. The molecule has 2 aromatic carbocycles. The zero-order valence-electron chi connectivity index (χ0n) is 13.5. The van der Waals surface area contributed by atoms with E-state index >= 15 is 0 Å². The van der Waals surface area contributed by atoms with Crippen LogP contribution >= 0.6 is 0 Å². The van der Waals surface area contributed by atoms with Crippen LogP contribution in [-0.4, -0.2) is 27.5 Å². The molecule has 1 aromatic heterocycles. The molecule has 3 aromatic rings. The molecule has 132 valence electrons. The summed E-state index contributed by atoms with van der Waals surface area (Å²) >= 11 is 0. The van der Waals surface area contributed by atoms with E-state index < -0.39 is 24.2 Å². The van der Waals surface area contributed by atoms with Crippen molar-refractivity contribution in [3.8, 4) is 0 Å². The fraction of sp³-hybridized carbons (Fsp3) is 0.167. The Hall–Kier alpha value is -3.29. The standard InChI is InChI=1S/C18H15F2N5O/c19-18(20)8-11(18)17(26)23-9-5-6-12(21)10(7-9)15(22)16-24-13-3-1-2-4-14(13)25-16/h1-7,11,22H,8,21H2,(H,23,26)(H,24,25). The maximum atomic E-state index is 13.0. The van der Waals surface area contributed by atoms with Crippen LogP contribution in [0.3, 0.4) is 0 Å². The summed E-state index contributed by atoms with van der Waals surface area (Å²) in [6.07, 6.45) is -0.435. The molecule has 26 heavy (non-hydrogen) atoms. The highest BCUT2D eigenvalue weighted by Crippen LogP contribution is 2.49. The number of fused-ring (bicyclic) bond motifs is 1. The van der Waals surface area contributed by atoms with E-state index in [1.807, 2.05) is 24.3 Å². The molecule has 4 rings (SSSR count). The number of benzene rings is 2. The molecule has 1 aliphatic rings. The molecule has 1 fully saturated rings. The van der Waals surface area contributed by atoms with E-state index in [2.05, 4.69) is 15.3 Å². The molecule has 1 amide bonds. The summed E-state index contributed by atoms with van der Waals surface area (Å²) in [4.78, 5) is 19.2. The smallest absolute Gasteiger partial charge is 0.260 e. The van der Waals surface area contributed by atoms with Crippen molar-refractivity contribution in [1.29, 1.82) is 5.41 Å². The van der Waals surface area contributed by atoms with E-state index in [-0.39, 0.29) is 5.71 Å². The predicted molar refractivity (Wildman–Crippen MR) is 94.6 cm³/mol. The normalized spacial score (nSPS) is 17.8. The number of para-hydroxylation sites is 2. The number of hydrogen-bond donors (Lipinski definition) is 4. The number of anilines is 2. The van der Waals surface area contributed by atoms with Crippen LogP contribution in [0.1, 0.15) is 17.8 Å². The van der Waals surface area contributed by atoms with Crippen LogP contribution in [0, 0.1) is 11.3 Å². The van der Waals surface area contributed by atoms with Gasteiger partial charge < -0.3 is 16.0 Å². The van der Waals surface area contributed by atoms with Gasteiger partial charge in [-0.05, 0) is 30.3 Å². The first-order valence-electron chi connectivity index (χ1n) is 7.97. The maximum absolute atomic E-state index is 13.0. The summed E-state index contributed by atoms with van der Waals surface area (Å²) in [7, 11) is 0. The van der Waals surface area contributed by atoms with Gasteiger partial charge in [0, 0.05) is 23.4 Å². The molecule has 0 aliphatic heterocycles. The van der Waals surface area contributed by atoms with E-state index in [4.69, 9.17) is 11.1 Å². The van der Waals surface area contributed by atoms with Crippen molar-refractivity contribution in [2.75, 3.05) is 11.1 Å². The zero-order valence-corrected chi connectivity index (χ0v) is 13.5. The third kappa shape index (κ3) is 2.79. The van der Waals surface area contributed by atoms with Crippen LogP contribution in [0.25, 0.3) is 11.0 Å². The van der Waals surface area contributed by atoms with Crippen molar-refractivity contribution in [2.45, 2.75) is 12.3 Å². The third-order valence-electron chi connectivity index (χ3n) is 4.36. The van der Waals surface area contributed by atoms with Crippen molar-refractivity contribution < 1.29 is 13.6 Å². The van der Waals surface area contributed by atoms with Gasteiger partial charge in [0.25, 0.3) is 5.92 Å². The molecule has 1 saturated carbocycles. The molecule has 1 atom stereocenters. The molecule has 8 heteroatoms. The van der Waals surface area contributed by atoms with Gasteiger partial charge in [0.05, 0.1) is 11.0 Å². The molecule has 0 saturated heterocycles. The van der Waals surface area contributed by atoms with Gasteiger partial charge in [0.2, 0.25) is 5.91 Å². The van der Waals surface area contributed by atoms with Crippen LogP contribution in [0.2, 0.25) is 0 Å². The van der Waals surface area contributed by atoms with Crippen molar-refractivity contribution in [3.63, 3.8) is 0 Å². The van der Waals surface area contributed by atoms with Crippen molar-refractivity contribution in [2.24, 2.45) is 5.92 Å². The van der Waals surface area contributed by atoms with Crippen LogP contribution in [0.15, 0.2) is 42.5 Å². The molecule has 1 heterocycles. The highest BCUT2D eigenvalue weighted by molar-refractivity contribution is 6.13. The van der Waals surface area contributed by atoms with Gasteiger partial charge in [0.15, 0.2) is 5.82 Å². The van der Waals surface area contributed by atoms with Gasteiger partial charge in [-0.25, -0.2) is 13.8 Å². The Morgan fingerprint density at radius 2 is 2.04 bits per heavy atom. The number of nitrogens with two attached hydrogens (primary N) is 1. The van der Waals surface area contributed by atoms with E-state index in [0.29, 0.717) is 28.3 Å². The molecule has 0 spiro atoms. The summed E-state index contributed by atoms with van der Waals surface area (Å²) in [5, 5.41) is 10.8. The Labute approximate surface area is 146 Å². The minimum atomic E-state index is -2.93. The number of nitrogens with one attached hydrogen (secondary N) is 3. The predicted octanol–water partition coefficient (Wildman–Crippen LogP) is 3.15. The van der Waals surface area contributed by atoms with Crippen molar-refractivity contribution in [1.82, 2.24) is 9.97 Å². The van der Waals surface area contributed by atoms with Gasteiger partial charge in [-0.3, -0.25) is 10.2 Å². The lowest BCUT2D eigenvalue weighted by molar-refractivity contribution is -0.119. The minimum Gasteiger partial charge on any atom is -0.398 e. The first-order valence-corrected chi connectivity index (χ1v) is 7.97. The third-order valence-corrected chi connectivity index (χ3v) is 4.36. The summed E-state index contributed by atoms with van der Waals surface area (Å²) in [5.41, 5.74) is 8.48. The van der Waals surface area contributed by atoms with Gasteiger partial charge in [0.1, 0.15) is 11.6 Å². The maximum Gasteiger partial charge on any atom is 0.260 e. The number of imidazole rings is 1. The Kier molecular flexibility index (Phi) is 3.50. The lowest BCUT2D eigenvalue weighted by Crippen LogP contribution is -2.18. The molecule has 5 N–H and O–H groups in total. The van der Waals surface area contributed by atoms with Gasteiger partial charge in [-0.1, -0.05) is 12.1 Å². The number of rotatable bonds is 4. The largest absolute Gasteiger partial charge is 0.398 e. The number of nitrogens with zero attached hydrogens (tertiary/aromatic N) is 1. The average molecular weight is 355 g/mol. The molecule has 0 bridgehead atoms. The van der Waals surface area contributed by atoms with Crippen molar-refractivity contribution >= 4 is 34.0 Å². The SMILES string of the molecule is N=C(c1nc2ccccc2[nH]1)c1cc(NC(=O)C2CC2(F)F)ccc1N. The number of halogens is 2. The summed E-state index contributed by atoms with van der Waals surface area (Å²) < 4.78 is 26.0.